The third-order valence-corrected chi connectivity index (χ3v) is 3.30. The Hall–Kier alpha value is -1.05. The van der Waals surface area contributed by atoms with Crippen LogP contribution in [0.15, 0.2) is 18.3 Å². The largest absolute Gasteiger partial charge is 0.381 e. The molecule has 0 spiro atoms. The number of aryl methyl sites for hydroxylation is 1. The monoisotopic (exact) mass is 204 g/mol. The van der Waals surface area contributed by atoms with Crippen molar-refractivity contribution in [1.82, 2.24) is 4.98 Å². The molecule has 2 rings (SSSR count). The van der Waals surface area contributed by atoms with Gasteiger partial charge >= 0.3 is 0 Å². The molecule has 2 heteroatoms. The topological polar surface area (TPSA) is 24.9 Å². The number of anilines is 1. The third-order valence-electron chi connectivity index (χ3n) is 3.30. The van der Waals surface area contributed by atoms with Crippen molar-refractivity contribution >= 4 is 5.69 Å². The van der Waals surface area contributed by atoms with Gasteiger partial charge in [-0.2, -0.15) is 0 Å². The van der Waals surface area contributed by atoms with E-state index in [1.54, 1.807) is 0 Å². The Morgan fingerprint density at radius 1 is 1.40 bits per heavy atom. The van der Waals surface area contributed by atoms with Gasteiger partial charge < -0.3 is 5.32 Å². The minimum atomic E-state index is 0.650. The molecule has 0 radical (unpaired) electrons. The Balaban J connectivity index is 1.99. The summed E-state index contributed by atoms with van der Waals surface area (Å²) in [5.41, 5.74) is 2.31. The quantitative estimate of drug-likeness (QED) is 0.798. The van der Waals surface area contributed by atoms with Gasteiger partial charge in [-0.15, -0.1) is 0 Å². The minimum Gasteiger partial charge on any atom is -0.381 e. The maximum atomic E-state index is 4.30. The summed E-state index contributed by atoms with van der Waals surface area (Å²) in [6.45, 7) is 4.42. The van der Waals surface area contributed by atoms with Gasteiger partial charge in [-0.05, 0) is 37.8 Å². The van der Waals surface area contributed by atoms with Crippen LogP contribution in [0.4, 0.5) is 5.69 Å². The number of hydrogen-bond donors (Lipinski definition) is 1. The molecule has 0 bridgehead atoms. The van der Waals surface area contributed by atoms with Crippen LogP contribution >= 0.6 is 0 Å². The number of hydrogen-bond acceptors (Lipinski definition) is 2. The predicted molar refractivity (Wildman–Crippen MR) is 64.0 cm³/mol. The van der Waals surface area contributed by atoms with Gasteiger partial charge in [0.25, 0.3) is 0 Å². The van der Waals surface area contributed by atoms with Crippen molar-refractivity contribution < 1.29 is 0 Å². The fraction of sp³-hybridized carbons (Fsp3) is 0.615. The Labute approximate surface area is 92.1 Å². The summed E-state index contributed by atoms with van der Waals surface area (Å²) >= 11 is 0. The second-order valence-corrected chi connectivity index (χ2v) is 4.75. The van der Waals surface area contributed by atoms with Crippen molar-refractivity contribution in [2.45, 2.75) is 45.6 Å². The molecule has 15 heavy (non-hydrogen) atoms. The summed E-state index contributed by atoms with van der Waals surface area (Å²) in [7, 11) is 0. The van der Waals surface area contributed by atoms with E-state index in [9.17, 15) is 0 Å². The molecule has 1 aromatic heterocycles. The first kappa shape index (κ1) is 10.5. The highest BCUT2D eigenvalue weighted by Crippen LogP contribution is 2.26. The van der Waals surface area contributed by atoms with Crippen molar-refractivity contribution in [3.63, 3.8) is 0 Å². The zero-order valence-corrected chi connectivity index (χ0v) is 9.66. The van der Waals surface area contributed by atoms with Crippen LogP contribution < -0.4 is 5.32 Å². The van der Waals surface area contributed by atoms with Crippen LogP contribution in [0.2, 0.25) is 0 Å². The molecule has 1 aromatic rings. The maximum absolute atomic E-state index is 4.30. The standard InChI is InChI=1S/C13H20N2/c1-10-5-3-6-12(9-10)15-13-7-4-8-14-11(13)2/h4,7-8,10,12,15H,3,5-6,9H2,1-2H3/t10-,12+/m1/s1. The van der Waals surface area contributed by atoms with Crippen LogP contribution in [0.1, 0.15) is 38.3 Å². The molecule has 0 saturated heterocycles. The van der Waals surface area contributed by atoms with Gasteiger partial charge in [0.05, 0.1) is 11.4 Å². The van der Waals surface area contributed by atoms with Crippen LogP contribution in [0.25, 0.3) is 0 Å². The van der Waals surface area contributed by atoms with Crippen LogP contribution in [0.3, 0.4) is 0 Å². The van der Waals surface area contributed by atoms with Gasteiger partial charge in [0.15, 0.2) is 0 Å². The average molecular weight is 204 g/mol. The lowest BCUT2D eigenvalue weighted by molar-refractivity contribution is 0.358. The highest BCUT2D eigenvalue weighted by Gasteiger charge is 2.18. The number of nitrogens with one attached hydrogen (secondary N) is 1. The van der Waals surface area contributed by atoms with Gasteiger partial charge in [-0.1, -0.05) is 19.8 Å². The van der Waals surface area contributed by atoms with Gasteiger partial charge in [0.2, 0.25) is 0 Å². The molecule has 2 nitrogen and oxygen atoms in total. The molecule has 1 saturated carbocycles. The maximum Gasteiger partial charge on any atom is 0.0603 e. The molecule has 1 fully saturated rings. The fourth-order valence-corrected chi connectivity index (χ4v) is 2.42. The lowest BCUT2D eigenvalue weighted by Gasteiger charge is -2.28. The summed E-state index contributed by atoms with van der Waals surface area (Å²) < 4.78 is 0. The molecular formula is C13H20N2. The number of aromatic nitrogens is 1. The van der Waals surface area contributed by atoms with Crippen molar-refractivity contribution in [1.29, 1.82) is 0 Å². The summed E-state index contributed by atoms with van der Waals surface area (Å²) in [5, 5.41) is 3.62. The van der Waals surface area contributed by atoms with Gasteiger partial charge in [0, 0.05) is 12.2 Å². The first-order valence-corrected chi connectivity index (χ1v) is 5.94. The van der Waals surface area contributed by atoms with Crippen molar-refractivity contribution in [2.75, 3.05) is 5.32 Å². The SMILES string of the molecule is Cc1ncccc1N[C@H]1CCC[C@@H](C)C1. The Bertz CT molecular complexity index is 322. The van der Waals surface area contributed by atoms with Gasteiger partial charge in [0.1, 0.15) is 0 Å². The summed E-state index contributed by atoms with van der Waals surface area (Å²) in [6, 6.07) is 4.78. The molecule has 1 aliphatic rings. The van der Waals surface area contributed by atoms with E-state index in [0.717, 1.165) is 11.6 Å². The van der Waals surface area contributed by atoms with Crippen LogP contribution in [0, 0.1) is 12.8 Å². The van der Waals surface area contributed by atoms with Gasteiger partial charge in [-0.25, -0.2) is 0 Å². The minimum absolute atomic E-state index is 0.650. The van der Waals surface area contributed by atoms with Crippen molar-refractivity contribution in [3.8, 4) is 0 Å². The number of rotatable bonds is 2. The summed E-state index contributed by atoms with van der Waals surface area (Å²) in [4.78, 5) is 4.30. The normalized spacial score (nSPS) is 26.3. The Morgan fingerprint density at radius 2 is 2.27 bits per heavy atom. The van der Waals surface area contributed by atoms with Crippen LogP contribution in [0.5, 0.6) is 0 Å². The highest BCUT2D eigenvalue weighted by molar-refractivity contribution is 5.47. The van der Waals surface area contributed by atoms with E-state index in [0.29, 0.717) is 6.04 Å². The van der Waals surface area contributed by atoms with E-state index >= 15 is 0 Å². The third kappa shape index (κ3) is 2.71. The van der Waals surface area contributed by atoms with Gasteiger partial charge in [-0.3, -0.25) is 4.98 Å². The fourth-order valence-electron chi connectivity index (χ4n) is 2.42. The number of nitrogens with zero attached hydrogens (tertiary/aromatic N) is 1. The average Bonchev–Trinajstić information content (AvgIpc) is 2.22. The molecule has 0 aliphatic heterocycles. The van der Waals surface area contributed by atoms with Crippen LogP contribution in [-0.4, -0.2) is 11.0 Å². The molecule has 1 N–H and O–H groups in total. The molecule has 0 aromatic carbocycles. The molecular weight excluding hydrogens is 184 g/mol. The summed E-state index contributed by atoms with van der Waals surface area (Å²) in [5.74, 6) is 0.869. The van der Waals surface area contributed by atoms with E-state index in [1.807, 2.05) is 12.3 Å². The second kappa shape index (κ2) is 4.65. The molecule has 2 atom stereocenters. The zero-order valence-electron chi connectivity index (χ0n) is 9.66. The predicted octanol–water partition coefficient (Wildman–Crippen LogP) is 3.38. The Morgan fingerprint density at radius 3 is 3.00 bits per heavy atom. The van der Waals surface area contributed by atoms with E-state index in [1.165, 1.54) is 31.4 Å². The van der Waals surface area contributed by atoms with E-state index < -0.39 is 0 Å². The second-order valence-electron chi connectivity index (χ2n) is 4.75. The number of pyridine rings is 1. The molecule has 1 heterocycles. The summed E-state index contributed by atoms with van der Waals surface area (Å²) in [6.07, 6.45) is 7.21. The molecule has 0 unspecified atom stereocenters. The van der Waals surface area contributed by atoms with E-state index in [2.05, 4.69) is 30.2 Å². The first-order chi connectivity index (χ1) is 7.25. The molecule has 82 valence electrons. The highest BCUT2D eigenvalue weighted by atomic mass is 14.9. The van der Waals surface area contributed by atoms with Crippen molar-refractivity contribution in [2.24, 2.45) is 5.92 Å². The first-order valence-electron chi connectivity index (χ1n) is 5.94. The lowest BCUT2D eigenvalue weighted by Crippen LogP contribution is -2.26. The zero-order chi connectivity index (χ0) is 10.7. The van der Waals surface area contributed by atoms with Crippen LogP contribution in [-0.2, 0) is 0 Å². The van der Waals surface area contributed by atoms with Crippen molar-refractivity contribution in [3.05, 3.63) is 24.0 Å². The van der Waals surface area contributed by atoms with E-state index in [-0.39, 0.29) is 0 Å². The molecule has 0 amide bonds. The smallest absolute Gasteiger partial charge is 0.0603 e. The Kier molecular flexibility index (Phi) is 3.24. The lowest BCUT2D eigenvalue weighted by atomic mass is 9.87. The molecule has 1 aliphatic carbocycles. The van der Waals surface area contributed by atoms with E-state index in [4.69, 9.17) is 0 Å².